The quantitative estimate of drug-likeness (QED) is 0.630. The van der Waals surface area contributed by atoms with Gasteiger partial charge in [-0.3, -0.25) is 0 Å². The van der Waals surface area contributed by atoms with Gasteiger partial charge in [-0.1, -0.05) is 42.4 Å². The van der Waals surface area contributed by atoms with Gasteiger partial charge < -0.3 is 16.9 Å². The van der Waals surface area contributed by atoms with Gasteiger partial charge in [0.2, 0.25) is 0 Å². The van der Waals surface area contributed by atoms with Gasteiger partial charge >= 0.3 is 0 Å². The monoisotopic (exact) mass is 349 g/mol. The number of benzene rings is 1. The Morgan fingerprint density at radius 1 is 1.05 bits per heavy atom. The Hall–Kier alpha value is 0.244. The third-order valence-corrected chi connectivity index (χ3v) is 4.07. The van der Waals surface area contributed by atoms with Gasteiger partial charge in [-0.05, 0) is 57.3 Å². The molecule has 0 spiro atoms. The predicted octanol–water partition coefficient (Wildman–Crippen LogP) is 3.06. The summed E-state index contributed by atoms with van der Waals surface area (Å²) in [5.74, 6) is 0. The Morgan fingerprint density at radius 3 is 2.35 bits per heavy atom. The van der Waals surface area contributed by atoms with Crippen LogP contribution in [0.2, 0.25) is 0 Å². The van der Waals surface area contributed by atoms with Crippen LogP contribution in [0.4, 0.5) is 0 Å². The summed E-state index contributed by atoms with van der Waals surface area (Å²) in [6, 6.07) is 10.7. The zero-order chi connectivity index (χ0) is 13.6. The van der Waals surface area contributed by atoms with Crippen LogP contribution in [-0.4, -0.2) is 35.2 Å². The third-order valence-electron chi connectivity index (χ3n) is 4.07. The summed E-state index contributed by atoms with van der Waals surface area (Å²) in [4.78, 5) is 2.46. The molecular weight excluding hydrogens is 323 g/mol. The molecule has 2 nitrogen and oxygen atoms in total. The molecule has 0 bridgehead atoms. The average Bonchev–Trinajstić information content (AvgIpc) is 2.41. The van der Waals surface area contributed by atoms with Crippen molar-refractivity contribution in [2.45, 2.75) is 44.1 Å². The Morgan fingerprint density at radius 2 is 1.70 bits per heavy atom. The number of unbranched alkanes of at least 4 members (excludes halogenated alkanes) is 2. The molecule has 1 aliphatic heterocycles. The second kappa shape index (κ2) is 9.30. The van der Waals surface area contributed by atoms with Crippen molar-refractivity contribution in [2.75, 3.05) is 19.6 Å². The van der Waals surface area contributed by atoms with E-state index in [1.807, 2.05) is 0 Å². The van der Waals surface area contributed by atoms with Gasteiger partial charge in [0.1, 0.15) is 0 Å². The molecule has 3 heteroatoms. The van der Waals surface area contributed by atoms with Crippen LogP contribution in [0, 0.1) is 6.92 Å². The molecule has 20 heavy (non-hydrogen) atoms. The van der Waals surface area contributed by atoms with E-state index in [0.717, 1.165) is 25.9 Å². The van der Waals surface area contributed by atoms with Crippen LogP contribution in [0.3, 0.4) is 0 Å². The van der Waals surface area contributed by atoms with E-state index in [9.17, 15) is 5.11 Å². The molecule has 1 heterocycles. The van der Waals surface area contributed by atoms with Crippen LogP contribution in [0.25, 0.3) is 0 Å². The first-order chi connectivity index (χ1) is 9.16. The fourth-order valence-electron chi connectivity index (χ4n) is 2.68. The van der Waals surface area contributed by atoms with E-state index >= 15 is 0 Å². The molecule has 0 saturated carbocycles. The Bertz CT molecular complexity index is 357. The molecule has 1 saturated heterocycles. The zero-order valence-electron chi connectivity index (χ0n) is 12.4. The van der Waals surface area contributed by atoms with Gasteiger partial charge in [0.05, 0.1) is 0 Å². The minimum atomic E-state index is -0.663. The SMILES string of the molecule is [CH2-]C1(O)CCN(CCCCCc2ccccc2)CC1.[Y]. The van der Waals surface area contributed by atoms with Gasteiger partial charge in [0, 0.05) is 32.7 Å². The molecule has 0 atom stereocenters. The number of nitrogens with zero attached hydrogens (tertiary/aromatic N) is 1. The first kappa shape index (κ1) is 18.3. The molecule has 0 aliphatic carbocycles. The number of likely N-dealkylation sites (tertiary alicyclic amines) is 1. The maximum atomic E-state index is 9.79. The number of rotatable bonds is 6. The maximum Gasteiger partial charge on any atom is 0 e. The van der Waals surface area contributed by atoms with E-state index in [-0.39, 0.29) is 32.7 Å². The van der Waals surface area contributed by atoms with Crippen molar-refractivity contribution in [1.29, 1.82) is 0 Å². The normalized spacial score (nSPS) is 18.5. The number of aryl methyl sites for hydroxylation is 1. The number of hydrogen-bond donors (Lipinski definition) is 1. The second-order valence-corrected chi connectivity index (χ2v) is 5.86. The molecule has 1 aromatic rings. The summed E-state index contributed by atoms with van der Waals surface area (Å²) >= 11 is 0. The summed E-state index contributed by atoms with van der Waals surface area (Å²) < 4.78 is 0. The van der Waals surface area contributed by atoms with Crippen molar-refractivity contribution in [2.24, 2.45) is 0 Å². The maximum absolute atomic E-state index is 9.79. The summed E-state index contributed by atoms with van der Waals surface area (Å²) in [6.45, 7) is 7.00. The van der Waals surface area contributed by atoms with Gasteiger partial charge in [0.15, 0.2) is 0 Å². The van der Waals surface area contributed by atoms with Crippen LogP contribution < -0.4 is 0 Å². The van der Waals surface area contributed by atoms with Crippen molar-refractivity contribution in [1.82, 2.24) is 4.90 Å². The van der Waals surface area contributed by atoms with Gasteiger partial charge in [-0.15, -0.1) is 0 Å². The first-order valence-corrected chi connectivity index (χ1v) is 7.50. The molecule has 1 aliphatic rings. The fraction of sp³-hybridized carbons (Fsp3) is 0.588. The minimum Gasteiger partial charge on any atom is -0.422 e. The fourth-order valence-corrected chi connectivity index (χ4v) is 2.68. The van der Waals surface area contributed by atoms with Crippen LogP contribution in [0.1, 0.15) is 37.7 Å². The Kier molecular flexibility index (Phi) is 8.51. The van der Waals surface area contributed by atoms with Crippen LogP contribution in [0.15, 0.2) is 30.3 Å². The van der Waals surface area contributed by atoms with Crippen LogP contribution in [0.5, 0.6) is 0 Å². The minimum absolute atomic E-state index is 0. The molecule has 0 amide bonds. The second-order valence-electron chi connectivity index (χ2n) is 5.86. The van der Waals surface area contributed by atoms with E-state index < -0.39 is 5.60 Å². The molecule has 1 aromatic carbocycles. The van der Waals surface area contributed by atoms with E-state index in [1.54, 1.807) is 0 Å². The predicted molar refractivity (Wildman–Crippen MR) is 80.0 cm³/mol. The molecule has 1 N–H and O–H groups in total. The van der Waals surface area contributed by atoms with Gasteiger partial charge in [0.25, 0.3) is 0 Å². The van der Waals surface area contributed by atoms with E-state index in [1.165, 1.54) is 37.8 Å². The largest absolute Gasteiger partial charge is 0.422 e. The zero-order valence-corrected chi connectivity index (χ0v) is 15.3. The first-order valence-electron chi connectivity index (χ1n) is 7.50. The third kappa shape index (κ3) is 6.80. The Labute approximate surface area is 148 Å². The van der Waals surface area contributed by atoms with Crippen LogP contribution in [-0.2, 0) is 39.1 Å². The van der Waals surface area contributed by atoms with Crippen molar-refractivity contribution < 1.29 is 37.8 Å². The topological polar surface area (TPSA) is 23.5 Å². The smallest absolute Gasteiger partial charge is 0 e. The molecule has 109 valence electrons. The van der Waals surface area contributed by atoms with Crippen molar-refractivity contribution in [3.8, 4) is 0 Å². The van der Waals surface area contributed by atoms with Crippen molar-refractivity contribution in [3.63, 3.8) is 0 Å². The summed E-state index contributed by atoms with van der Waals surface area (Å²) in [7, 11) is 0. The standard InChI is InChI=1S/C17H26NO.Y/c1-17(19)11-14-18(15-12-17)13-7-3-6-10-16-8-4-2-5-9-16;/h2,4-5,8-9,19H,1,3,6-7,10-15H2;/q-1;. The molecule has 2 rings (SSSR count). The van der Waals surface area contributed by atoms with Crippen LogP contribution >= 0.6 is 0 Å². The van der Waals surface area contributed by atoms with E-state index in [2.05, 4.69) is 42.2 Å². The number of piperidine rings is 1. The van der Waals surface area contributed by atoms with E-state index in [0.29, 0.717) is 0 Å². The van der Waals surface area contributed by atoms with Crippen molar-refractivity contribution >= 4 is 0 Å². The summed E-state index contributed by atoms with van der Waals surface area (Å²) in [6.07, 6.45) is 6.66. The summed E-state index contributed by atoms with van der Waals surface area (Å²) in [5.41, 5.74) is 0.784. The molecular formula is C17H26NOY-. The van der Waals surface area contributed by atoms with Gasteiger partial charge in [-0.2, -0.15) is 0 Å². The number of aliphatic hydroxyl groups is 1. The number of hydrogen-bond acceptors (Lipinski definition) is 2. The van der Waals surface area contributed by atoms with Gasteiger partial charge in [-0.25, -0.2) is 0 Å². The van der Waals surface area contributed by atoms with Crippen molar-refractivity contribution in [3.05, 3.63) is 42.8 Å². The average molecular weight is 349 g/mol. The molecule has 0 unspecified atom stereocenters. The molecule has 1 fully saturated rings. The molecule has 1 radical (unpaired) electrons. The van der Waals surface area contributed by atoms with E-state index in [4.69, 9.17) is 0 Å². The Balaban J connectivity index is 0.00000200. The molecule has 0 aromatic heterocycles. The summed E-state index contributed by atoms with van der Waals surface area (Å²) in [5, 5.41) is 9.79.